The third kappa shape index (κ3) is 4.44. The Labute approximate surface area is 179 Å². The predicted octanol–water partition coefficient (Wildman–Crippen LogP) is 2.76. The van der Waals surface area contributed by atoms with Gasteiger partial charge in [0.1, 0.15) is 11.6 Å². The molecule has 0 spiro atoms. The zero-order valence-electron chi connectivity index (χ0n) is 16.6. The fourth-order valence-electron chi connectivity index (χ4n) is 3.24. The zero-order chi connectivity index (χ0) is 22.3. The van der Waals surface area contributed by atoms with Crippen molar-refractivity contribution in [2.24, 2.45) is 0 Å². The van der Waals surface area contributed by atoms with Crippen molar-refractivity contribution in [3.63, 3.8) is 0 Å². The molecular formula is C19H22ClN3O6S. The number of benzene rings is 1. The van der Waals surface area contributed by atoms with Crippen molar-refractivity contribution in [2.45, 2.75) is 49.0 Å². The highest BCUT2D eigenvalue weighted by molar-refractivity contribution is 7.92. The van der Waals surface area contributed by atoms with Crippen LogP contribution in [0.15, 0.2) is 41.6 Å². The fraction of sp³-hybridized carbons (Fsp3) is 0.421. The number of aromatic nitrogens is 2. The van der Waals surface area contributed by atoms with E-state index in [2.05, 4.69) is 5.10 Å². The van der Waals surface area contributed by atoms with E-state index >= 15 is 0 Å². The van der Waals surface area contributed by atoms with Crippen LogP contribution in [0.25, 0.3) is 5.69 Å². The number of amides is 1. The van der Waals surface area contributed by atoms with Crippen LogP contribution >= 0.6 is 11.6 Å². The van der Waals surface area contributed by atoms with Gasteiger partial charge in [-0.15, -0.1) is 0 Å². The Morgan fingerprint density at radius 3 is 2.53 bits per heavy atom. The number of ether oxygens (including phenoxy) is 1. The molecule has 1 saturated heterocycles. The van der Waals surface area contributed by atoms with E-state index in [1.54, 1.807) is 45.3 Å². The lowest BCUT2D eigenvalue weighted by Crippen LogP contribution is -2.43. The van der Waals surface area contributed by atoms with E-state index in [1.165, 1.54) is 16.8 Å². The van der Waals surface area contributed by atoms with Crippen LogP contribution in [0, 0.1) is 0 Å². The summed E-state index contributed by atoms with van der Waals surface area (Å²) in [5.74, 6) is -1.29. The third-order valence-electron chi connectivity index (χ3n) is 4.61. The largest absolute Gasteiger partial charge is 0.480 e. The average molecular weight is 456 g/mol. The summed E-state index contributed by atoms with van der Waals surface area (Å²) in [6, 6.07) is 4.80. The number of hydrogen-bond donors (Lipinski definition) is 1. The van der Waals surface area contributed by atoms with Crippen LogP contribution in [0.5, 0.6) is 0 Å². The molecule has 9 nitrogen and oxygen atoms in total. The van der Waals surface area contributed by atoms with Gasteiger partial charge in [0.05, 0.1) is 20.9 Å². The number of carboxylic acids is 1. The molecule has 1 fully saturated rings. The highest BCUT2D eigenvalue weighted by atomic mass is 35.5. The first kappa shape index (κ1) is 22.1. The van der Waals surface area contributed by atoms with Gasteiger partial charge in [0.2, 0.25) is 0 Å². The Morgan fingerprint density at radius 1 is 1.30 bits per heavy atom. The van der Waals surface area contributed by atoms with Crippen molar-refractivity contribution in [2.75, 3.05) is 6.54 Å². The lowest BCUT2D eigenvalue weighted by Gasteiger charge is -2.26. The van der Waals surface area contributed by atoms with Crippen LogP contribution in [0.2, 0.25) is 5.02 Å². The first-order valence-corrected chi connectivity index (χ1v) is 11.1. The Bertz CT molecular complexity index is 1060. The normalized spacial score (nSPS) is 19.7. The van der Waals surface area contributed by atoms with E-state index in [0.717, 1.165) is 4.90 Å². The molecule has 3 rings (SSSR count). The number of carbonyl (C=O) groups excluding carboxylic acids is 1. The highest BCUT2D eigenvalue weighted by Gasteiger charge is 2.47. The second-order valence-corrected chi connectivity index (χ2v) is 10.6. The molecule has 2 heterocycles. The molecule has 0 aliphatic carbocycles. The second kappa shape index (κ2) is 7.92. The minimum atomic E-state index is -4.01. The molecule has 0 bridgehead atoms. The van der Waals surface area contributed by atoms with Gasteiger partial charge in [-0.2, -0.15) is 5.10 Å². The number of aliphatic carboxylic acids is 1. The molecule has 2 aromatic rings. The van der Waals surface area contributed by atoms with Crippen LogP contribution < -0.4 is 0 Å². The molecule has 1 N–H and O–H groups in total. The maximum absolute atomic E-state index is 13.2. The van der Waals surface area contributed by atoms with Gasteiger partial charge < -0.3 is 9.84 Å². The molecular weight excluding hydrogens is 434 g/mol. The quantitative estimate of drug-likeness (QED) is 0.752. The molecule has 0 unspecified atom stereocenters. The summed E-state index contributed by atoms with van der Waals surface area (Å²) in [6.45, 7) is 4.63. The minimum Gasteiger partial charge on any atom is -0.480 e. The number of hydrogen-bond acceptors (Lipinski definition) is 6. The second-order valence-electron chi connectivity index (χ2n) is 7.95. The first-order valence-electron chi connectivity index (χ1n) is 9.16. The average Bonchev–Trinajstić information content (AvgIpc) is 3.30. The topological polar surface area (TPSA) is 119 Å². The molecule has 1 aliphatic rings. The monoisotopic (exact) mass is 455 g/mol. The maximum atomic E-state index is 13.2. The first-order chi connectivity index (χ1) is 13.9. The number of likely N-dealkylation sites (tertiary alicyclic amines) is 1. The molecule has 2 atom stereocenters. The van der Waals surface area contributed by atoms with Crippen molar-refractivity contribution < 1.29 is 27.9 Å². The van der Waals surface area contributed by atoms with Gasteiger partial charge in [-0.1, -0.05) is 11.6 Å². The molecule has 1 aromatic carbocycles. The van der Waals surface area contributed by atoms with Crippen molar-refractivity contribution in [1.29, 1.82) is 0 Å². The van der Waals surface area contributed by atoms with Crippen LogP contribution in [0.3, 0.4) is 0 Å². The van der Waals surface area contributed by atoms with Crippen molar-refractivity contribution in [1.82, 2.24) is 14.7 Å². The number of nitrogens with zero attached hydrogens (tertiary/aromatic N) is 3. The highest BCUT2D eigenvalue weighted by Crippen LogP contribution is 2.33. The number of carbonyl (C=O) groups is 2. The summed E-state index contributed by atoms with van der Waals surface area (Å²) in [7, 11) is -4.01. The molecule has 1 amide bonds. The standard InChI is InChI=1S/C19H22ClN3O6S/c1-19(2,3)29-18(26)22-11-13(10-15(22)17(24)25)30(27,28)16-6-5-12(9-14(16)20)23-8-4-7-21-23/h4-9,13,15H,10-11H2,1-3H3,(H,24,25)/t13-,15+/m1/s1. The summed E-state index contributed by atoms with van der Waals surface area (Å²) in [4.78, 5) is 24.9. The van der Waals surface area contributed by atoms with E-state index in [0.29, 0.717) is 5.69 Å². The molecule has 1 aromatic heterocycles. The SMILES string of the molecule is CC(C)(C)OC(=O)N1C[C@H](S(=O)(=O)c2ccc(-n3cccn3)cc2Cl)C[C@H]1C(=O)O. The molecule has 0 saturated carbocycles. The summed E-state index contributed by atoms with van der Waals surface area (Å²) >= 11 is 6.25. The third-order valence-corrected chi connectivity index (χ3v) is 7.22. The lowest BCUT2D eigenvalue weighted by molar-refractivity contribution is -0.142. The summed E-state index contributed by atoms with van der Waals surface area (Å²) in [5, 5.41) is 12.4. The molecule has 11 heteroatoms. The number of rotatable bonds is 4. The zero-order valence-corrected chi connectivity index (χ0v) is 18.2. The van der Waals surface area contributed by atoms with Crippen LogP contribution in [-0.4, -0.2) is 63.7 Å². The Balaban J connectivity index is 1.89. The lowest BCUT2D eigenvalue weighted by atomic mass is 10.2. The van der Waals surface area contributed by atoms with Crippen LogP contribution in [0.4, 0.5) is 4.79 Å². The number of carboxylic acid groups (broad SMARTS) is 1. The number of halogens is 1. The van der Waals surface area contributed by atoms with Crippen LogP contribution in [0.1, 0.15) is 27.2 Å². The van der Waals surface area contributed by atoms with E-state index < -0.39 is 38.8 Å². The Kier molecular flexibility index (Phi) is 5.83. The van der Waals surface area contributed by atoms with E-state index in [1.807, 2.05) is 0 Å². The summed E-state index contributed by atoms with van der Waals surface area (Å²) < 4.78 is 33.2. The van der Waals surface area contributed by atoms with Gasteiger partial charge in [0.15, 0.2) is 9.84 Å². The van der Waals surface area contributed by atoms with Gasteiger partial charge >= 0.3 is 12.1 Å². The molecule has 162 valence electrons. The molecule has 30 heavy (non-hydrogen) atoms. The Hall–Kier alpha value is -2.59. The predicted molar refractivity (Wildman–Crippen MR) is 109 cm³/mol. The van der Waals surface area contributed by atoms with Crippen molar-refractivity contribution in [3.8, 4) is 5.69 Å². The molecule has 0 radical (unpaired) electrons. The van der Waals surface area contributed by atoms with Gasteiger partial charge in [-0.3, -0.25) is 4.90 Å². The van der Waals surface area contributed by atoms with E-state index in [-0.39, 0.29) is 22.9 Å². The minimum absolute atomic E-state index is 0.00871. The van der Waals surface area contributed by atoms with Crippen molar-refractivity contribution in [3.05, 3.63) is 41.7 Å². The van der Waals surface area contributed by atoms with Crippen molar-refractivity contribution >= 4 is 33.5 Å². The van der Waals surface area contributed by atoms with Gasteiger partial charge in [0.25, 0.3) is 0 Å². The van der Waals surface area contributed by atoms with E-state index in [4.69, 9.17) is 16.3 Å². The number of sulfone groups is 1. The maximum Gasteiger partial charge on any atom is 0.411 e. The summed E-state index contributed by atoms with van der Waals surface area (Å²) in [5.41, 5.74) is -0.267. The van der Waals surface area contributed by atoms with E-state index in [9.17, 15) is 23.1 Å². The smallest absolute Gasteiger partial charge is 0.411 e. The summed E-state index contributed by atoms with van der Waals surface area (Å²) in [6.07, 6.45) is 2.14. The van der Waals surface area contributed by atoms with Gasteiger partial charge in [-0.25, -0.2) is 22.7 Å². The fourth-order valence-corrected chi connectivity index (χ4v) is 5.48. The van der Waals surface area contributed by atoms with Crippen LogP contribution in [-0.2, 0) is 19.4 Å². The molecule has 1 aliphatic heterocycles. The van der Waals surface area contributed by atoms with Gasteiger partial charge in [0, 0.05) is 18.9 Å². The van der Waals surface area contributed by atoms with Gasteiger partial charge in [-0.05, 0) is 51.5 Å². The Morgan fingerprint density at radius 2 is 2.00 bits per heavy atom.